The minimum atomic E-state index is -4.86. The largest absolute Gasteiger partial charge is 0.573 e. The van der Waals surface area contributed by atoms with Gasteiger partial charge in [0.25, 0.3) is 0 Å². The fourth-order valence-electron chi connectivity index (χ4n) is 2.41. The Morgan fingerprint density at radius 2 is 2.10 bits per heavy atom. The Morgan fingerprint density at radius 1 is 1.35 bits per heavy atom. The number of ether oxygens (including phenoxy) is 1. The van der Waals surface area contributed by atoms with Crippen molar-refractivity contribution in [3.05, 3.63) is 29.6 Å². The van der Waals surface area contributed by atoms with Crippen LogP contribution in [0.3, 0.4) is 0 Å². The van der Waals surface area contributed by atoms with Gasteiger partial charge in [0.05, 0.1) is 6.61 Å². The summed E-state index contributed by atoms with van der Waals surface area (Å²) < 4.78 is 53.9. The molecule has 1 aliphatic rings. The fraction of sp³-hybridized carbons (Fsp3) is 0.538. The molecule has 0 aliphatic carbocycles. The Labute approximate surface area is 113 Å². The molecule has 0 bridgehead atoms. The molecule has 1 aromatic carbocycles. The molecule has 0 radical (unpaired) electrons. The first-order valence-corrected chi connectivity index (χ1v) is 6.28. The molecule has 0 saturated carbocycles. The topological polar surface area (TPSA) is 32.7 Å². The van der Waals surface area contributed by atoms with E-state index in [1.165, 1.54) is 6.07 Å². The van der Waals surface area contributed by atoms with E-state index in [9.17, 15) is 22.7 Å². The van der Waals surface area contributed by atoms with Crippen molar-refractivity contribution in [3.8, 4) is 5.75 Å². The third-order valence-electron chi connectivity index (χ3n) is 3.34. The van der Waals surface area contributed by atoms with Gasteiger partial charge in [0.15, 0.2) is 0 Å². The molecule has 0 unspecified atom stereocenters. The van der Waals surface area contributed by atoms with E-state index in [1.54, 1.807) is 0 Å². The van der Waals surface area contributed by atoms with Gasteiger partial charge >= 0.3 is 6.36 Å². The first kappa shape index (κ1) is 15.1. The van der Waals surface area contributed by atoms with Gasteiger partial charge in [-0.3, -0.25) is 4.90 Å². The number of nitrogens with zero attached hydrogens (tertiary/aromatic N) is 1. The number of aliphatic hydroxyl groups excluding tert-OH is 1. The van der Waals surface area contributed by atoms with E-state index >= 15 is 0 Å². The van der Waals surface area contributed by atoms with E-state index < -0.39 is 17.9 Å². The van der Waals surface area contributed by atoms with Gasteiger partial charge < -0.3 is 9.84 Å². The van der Waals surface area contributed by atoms with Crippen molar-refractivity contribution in [2.24, 2.45) is 0 Å². The zero-order valence-corrected chi connectivity index (χ0v) is 10.7. The second-order valence-electron chi connectivity index (χ2n) is 4.75. The van der Waals surface area contributed by atoms with Gasteiger partial charge in [-0.2, -0.15) is 0 Å². The highest BCUT2D eigenvalue weighted by molar-refractivity contribution is 5.34. The molecule has 1 heterocycles. The lowest BCUT2D eigenvalue weighted by Crippen LogP contribution is -2.32. The molecule has 2 rings (SSSR count). The van der Waals surface area contributed by atoms with Crippen LogP contribution in [0.25, 0.3) is 0 Å². The number of aliphatic hydroxyl groups is 1. The molecule has 0 amide bonds. The SMILES string of the molecule is OC[C@H]1CCCN1Cc1ccc(F)cc1OC(F)(F)F. The molecule has 3 nitrogen and oxygen atoms in total. The lowest BCUT2D eigenvalue weighted by atomic mass is 10.1. The summed E-state index contributed by atoms with van der Waals surface area (Å²) in [4.78, 5) is 1.87. The Kier molecular flexibility index (Phi) is 4.49. The highest BCUT2D eigenvalue weighted by Gasteiger charge is 2.33. The maximum absolute atomic E-state index is 13.1. The number of hydrogen-bond donors (Lipinski definition) is 1. The third-order valence-corrected chi connectivity index (χ3v) is 3.34. The van der Waals surface area contributed by atoms with E-state index in [2.05, 4.69) is 4.74 Å². The zero-order chi connectivity index (χ0) is 14.8. The molecule has 7 heteroatoms. The highest BCUT2D eigenvalue weighted by Crippen LogP contribution is 2.30. The molecule has 0 spiro atoms. The van der Waals surface area contributed by atoms with Crippen LogP contribution in [-0.2, 0) is 6.54 Å². The van der Waals surface area contributed by atoms with Crippen LogP contribution in [0.1, 0.15) is 18.4 Å². The van der Waals surface area contributed by atoms with Crippen molar-refractivity contribution in [1.82, 2.24) is 4.90 Å². The Morgan fingerprint density at radius 3 is 2.75 bits per heavy atom. The van der Waals surface area contributed by atoms with Crippen molar-refractivity contribution in [2.45, 2.75) is 31.8 Å². The molecular formula is C13H15F4NO2. The summed E-state index contributed by atoms with van der Waals surface area (Å²) in [6.45, 7) is 0.835. The minimum absolute atomic E-state index is 0.0450. The molecule has 112 valence electrons. The lowest BCUT2D eigenvalue weighted by Gasteiger charge is -2.24. The highest BCUT2D eigenvalue weighted by atomic mass is 19.4. The smallest absolute Gasteiger partial charge is 0.405 e. The van der Waals surface area contributed by atoms with Crippen molar-refractivity contribution in [3.63, 3.8) is 0 Å². The van der Waals surface area contributed by atoms with Crippen LogP contribution in [0.2, 0.25) is 0 Å². The maximum Gasteiger partial charge on any atom is 0.573 e. The zero-order valence-electron chi connectivity index (χ0n) is 10.7. The van der Waals surface area contributed by atoms with Gasteiger partial charge in [-0.1, -0.05) is 6.07 Å². The van der Waals surface area contributed by atoms with Crippen molar-refractivity contribution >= 4 is 0 Å². The second-order valence-corrected chi connectivity index (χ2v) is 4.75. The van der Waals surface area contributed by atoms with Crippen LogP contribution in [0.4, 0.5) is 17.6 Å². The molecule has 1 N–H and O–H groups in total. The van der Waals surface area contributed by atoms with E-state index in [4.69, 9.17) is 0 Å². The molecule has 1 aromatic rings. The molecule has 20 heavy (non-hydrogen) atoms. The maximum atomic E-state index is 13.1. The van der Waals surface area contributed by atoms with Crippen LogP contribution in [-0.4, -0.2) is 35.6 Å². The fourth-order valence-corrected chi connectivity index (χ4v) is 2.41. The molecule has 0 aromatic heterocycles. The first-order valence-electron chi connectivity index (χ1n) is 6.28. The third kappa shape index (κ3) is 3.83. The van der Waals surface area contributed by atoms with Crippen molar-refractivity contribution in [2.75, 3.05) is 13.2 Å². The molecule has 1 fully saturated rings. The monoisotopic (exact) mass is 293 g/mol. The van der Waals surface area contributed by atoms with Crippen molar-refractivity contribution in [1.29, 1.82) is 0 Å². The van der Waals surface area contributed by atoms with Gasteiger partial charge in [-0.05, 0) is 25.5 Å². The first-order chi connectivity index (χ1) is 9.39. The summed E-state index contributed by atoms with van der Waals surface area (Å²) in [7, 11) is 0. The lowest BCUT2D eigenvalue weighted by molar-refractivity contribution is -0.275. The Hall–Kier alpha value is -1.34. The molecular weight excluding hydrogens is 278 g/mol. The van der Waals surface area contributed by atoms with E-state index in [0.717, 1.165) is 25.0 Å². The predicted octanol–water partition coefficient (Wildman–Crippen LogP) is 2.68. The van der Waals surface area contributed by atoms with Gasteiger partial charge in [-0.15, -0.1) is 13.2 Å². The Bertz CT molecular complexity index is 464. The average Bonchev–Trinajstić information content (AvgIpc) is 2.78. The number of alkyl halides is 3. The standard InChI is InChI=1S/C13H15F4NO2/c14-10-4-3-9(12(6-10)20-13(15,16)17)7-18-5-1-2-11(18)8-19/h3-4,6,11,19H,1-2,5,7-8H2/t11-/m1/s1. The van der Waals surface area contributed by atoms with Crippen LogP contribution < -0.4 is 4.74 Å². The molecule has 1 atom stereocenters. The number of likely N-dealkylation sites (tertiary alicyclic amines) is 1. The van der Waals surface area contributed by atoms with Gasteiger partial charge in [0.1, 0.15) is 11.6 Å². The van der Waals surface area contributed by atoms with E-state index in [-0.39, 0.29) is 24.8 Å². The van der Waals surface area contributed by atoms with Crippen LogP contribution in [0.5, 0.6) is 5.75 Å². The number of rotatable bonds is 4. The van der Waals surface area contributed by atoms with Gasteiger partial charge in [-0.25, -0.2) is 4.39 Å². The number of benzene rings is 1. The minimum Gasteiger partial charge on any atom is -0.405 e. The summed E-state index contributed by atoms with van der Waals surface area (Å²) in [5.74, 6) is -1.31. The number of hydrogen-bond acceptors (Lipinski definition) is 3. The van der Waals surface area contributed by atoms with Gasteiger partial charge in [0.2, 0.25) is 0 Å². The number of halogens is 4. The summed E-state index contributed by atoms with van der Waals surface area (Å²) in [6.07, 6.45) is -3.18. The van der Waals surface area contributed by atoms with Gasteiger partial charge in [0, 0.05) is 24.2 Å². The molecule has 1 aliphatic heterocycles. The van der Waals surface area contributed by atoms with Crippen molar-refractivity contribution < 1.29 is 27.4 Å². The quantitative estimate of drug-likeness (QED) is 0.866. The second kappa shape index (κ2) is 5.97. The normalized spacial score (nSPS) is 20.4. The summed E-state index contributed by atoms with van der Waals surface area (Å²) in [5.41, 5.74) is 0.254. The average molecular weight is 293 g/mol. The van der Waals surface area contributed by atoms with Crippen LogP contribution in [0, 0.1) is 5.82 Å². The summed E-state index contributed by atoms with van der Waals surface area (Å²) in [6, 6.07) is 3.04. The van der Waals surface area contributed by atoms with Crippen LogP contribution >= 0.6 is 0 Å². The van der Waals surface area contributed by atoms with Crippen LogP contribution in [0.15, 0.2) is 18.2 Å². The predicted molar refractivity (Wildman–Crippen MR) is 63.6 cm³/mol. The Balaban J connectivity index is 2.18. The molecule has 1 saturated heterocycles. The van der Waals surface area contributed by atoms with E-state index in [1.807, 2.05) is 4.90 Å². The van der Waals surface area contributed by atoms with E-state index in [0.29, 0.717) is 6.54 Å². The summed E-state index contributed by atoms with van der Waals surface area (Å²) in [5, 5.41) is 9.20. The summed E-state index contributed by atoms with van der Waals surface area (Å²) >= 11 is 0.